The normalized spacial score (nSPS) is 28.0. The summed E-state index contributed by atoms with van der Waals surface area (Å²) in [5.74, 6) is -4.10. The second kappa shape index (κ2) is 14.6. The van der Waals surface area contributed by atoms with Gasteiger partial charge >= 0.3 is 12.1 Å². The van der Waals surface area contributed by atoms with Gasteiger partial charge in [0.05, 0.1) is 6.54 Å². The molecule has 5 amide bonds. The minimum absolute atomic E-state index is 0.0129. The van der Waals surface area contributed by atoms with Crippen LogP contribution in [0.5, 0.6) is 0 Å². The molecule has 0 aromatic heterocycles. The number of aliphatic carboxylic acids is 1. The first-order chi connectivity index (χ1) is 21.4. The Labute approximate surface area is 264 Å². The first-order valence-corrected chi connectivity index (χ1v) is 16.4. The molecule has 4 fully saturated rings. The van der Waals surface area contributed by atoms with E-state index in [4.69, 9.17) is 4.74 Å². The van der Waals surface area contributed by atoms with Crippen LogP contribution in [-0.2, 0) is 28.7 Å². The number of nitrogens with zero attached hydrogens (tertiary/aromatic N) is 2. The molecule has 2 aliphatic heterocycles. The van der Waals surface area contributed by atoms with Gasteiger partial charge in [0.1, 0.15) is 29.8 Å². The molecule has 4 N–H and O–H groups in total. The number of carbonyl (C=O) groups excluding carboxylic acids is 5. The minimum atomic E-state index is -1.51. The molecule has 2 saturated carbocycles. The molecule has 4 rings (SSSR count). The summed E-state index contributed by atoms with van der Waals surface area (Å²) >= 11 is 0. The van der Waals surface area contributed by atoms with Gasteiger partial charge in [-0.15, -0.1) is 6.58 Å². The number of amides is 5. The van der Waals surface area contributed by atoms with E-state index in [9.17, 15) is 33.9 Å². The van der Waals surface area contributed by atoms with E-state index in [1.54, 1.807) is 18.7 Å². The van der Waals surface area contributed by atoms with Crippen LogP contribution >= 0.6 is 0 Å². The molecular formula is C32H49N5O8. The predicted octanol–water partition coefficient (Wildman–Crippen LogP) is 1.95. The largest absolute Gasteiger partial charge is 0.479 e. The third kappa shape index (κ3) is 7.96. The van der Waals surface area contributed by atoms with Crippen molar-refractivity contribution in [3.05, 3.63) is 12.7 Å². The van der Waals surface area contributed by atoms with E-state index < -0.39 is 65.5 Å². The van der Waals surface area contributed by atoms with Gasteiger partial charge in [-0.05, 0) is 50.4 Å². The Bertz CT molecular complexity index is 1160. The zero-order valence-corrected chi connectivity index (χ0v) is 26.7. The van der Waals surface area contributed by atoms with E-state index in [2.05, 4.69) is 22.5 Å². The molecule has 250 valence electrons. The highest BCUT2D eigenvalue weighted by molar-refractivity contribution is 5.97. The monoisotopic (exact) mass is 631 g/mol. The summed E-state index contributed by atoms with van der Waals surface area (Å²) in [6, 6.07) is -2.96. The highest BCUT2D eigenvalue weighted by atomic mass is 16.6. The molecule has 0 radical (unpaired) electrons. The molecule has 0 bridgehead atoms. The molecule has 2 saturated heterocycles. The van der Waals surface area contributed by atoms with E-state index in [-0.39, 0.29) is 37.1 Å². The van der Waals surface area contributed by atoms with E-state index in [0.717, 1.165) is 51.4 Å². The topological polar surface area (TPSA) is 174 Å². The predicted molar refractivity (Wildman–Crippen MR) is 164 cm³/mol. The molecule has 4 aliphatic rings. The van der Waals surface area contributed by atoms with Crippen molar-refractivity contribution >= 4 is 35.7 Å². The summed E-state index contributed by atoms with van der Waals surface area (Å²) < 4.78 is 5.78. The average Bonchev–Trinajstić information content (AvgIpc) is 3.58. The Morgan fingerprint density at radius 2 is 1.62 bits per heavy atom. The Kier molecular flexibility index (Phi) is 11.1. The molecule has 13 heteroatoms. The van der Waals surface area contributed by atoms with Gasteiger partial charge in [0.25, 0.3) is 0 Å². The lowest BCUT2D eigenvalue weighted by atomic mass is 9.83. The molecule has 0 aromatic carbocycles. The van der Waals surface area contributed by atoms with Crippen LogP contribution in [-0.4, -0.2) is 100 Å². The average molecular weight is 632 g/mol. The number of ether oxygens (including phenoxy) is 1. The van der Waals surface area contributed by atoms with Crippen molar-refractivity contribution in [2.45, 2.75) is 115 Å². The van der Waals surface area contributed by atoms with E-state index in [1.807, 2.05) is 0 Å². The van der Waals surface area contributed by atoms with E-state index in [0.29, 0.717) is 13.1 Å². The summed E-state index contributed by atoms with van der Waals surface area (Å²) in [7, 11) is 0. The van der Waals surface area contributed by atoms with Crippen LogP contribution in [0.2, 0.25) is 0 Å². The Morgan fingerprint density at radius 1 is 0.978 bits per heavy atom. The molecule has 0 unspecified atom stereocenters. The van der Waals surface area contributed by atoms with Crippen LogP contribution in [0.15, 0.2) is 12.7 Å². The second-order valence-corrected chi connectivity index (χ2v) is 13.4. The van der Waals surface area contributed by atoms with Gasteiger partial charge in [-0.1, -0.05) is 39.2 Å². The molecule has 0 aromatic rings. The van der Waals surface area contributed by atoms with E-state index in [1.165, 1.54) is 17.9 Å². The Morgan fingerprint density at radius 3 is 2.18 bits per heavy atom. The van der Waals surface area contributed by atoms with Crippen LogP contribution < -0.4 is 16.0 Å². The maximum Gasteiger partial charge on any atom is 0.410 e. The molecule has 45 heavy (non-hydrogen) atoms. The number of carboxylic acids is 1. The SMILES string of the molecule is C=C[C@@H]1C[C@]1(NC(=O)[C@@H]1C[C@@H](OC(=O)N2CCCCC2)CN1C(=O)[C@@H](NC(=O)[C@@H](NC(C)=O)C1CCCCC1)C(C)C)C(=O)O. The summed E-state index contributed by atoms with van der Waals surface area (Å²) in [4.78, 5) is 81.5. The number of likely N-dealkylation sites (tertiary alicyclic amines) is 2. The van der Waals surface area contributed by atoms with Crippen molar-refractivity contribution in [2.75, 3.05) is 19.6 Å². The van der Waals surface area contributed by atoms with Gasteiger partial charge in [-0.25, -0.2) is 9.59 Å². The van der Waals surface area contributed by atoms with Crippen molar-refractivity contribution in [3.63, 3.8) is 0 Å². The fraction of sp³-hybridized carbons (Fsp3) is 0.750. The van der Waals surface area contributed by atoms with Crippen LogP contribution in [0.3, 0.4) is 0 Å². The van der Waals surface area contributed by atoms with Gasteiger partial charge in [-0.2, -0.15) is 0 Å². The van der Waals surface area contributed by atoms with Gasteiger partial charge in [0.2, 0.25) is 23.6 Å². The molecule has 2 aliphatic carbocycles. The third-order valence-electron chi connectivity index (χ3n) is 9.75. The summed E-state index contributed by atoms with van der Waals surface area (Å²) in [5.41, 5.74) is -1.51. The quantitative estimate of drug-likeness (QED) is 0.250. The summed E-state index contributed by atoms with van der Waals surface area (Å²) in [6.45, 7) is 9.62. The number of carboxylic acid groups (broad SMARTS) is 1. The molecule has 2 heterocycles. The van der Waals surface area contributed by atoms with Gasteiger partial charge < -0.3 is 35.6 Å². The van der Waals surface area contributed by atoms with E-state index >= 15 is 0 Å². The van der Waals surface area contributed by atoms with Crippen LogP contribution in [0.1, 0.15) is 85.0 Å². The van der Waals surface area contributed by atoms with Crippen molar-refractivity contribution < 1.29 is 38.6 Å². The highest BCUT2D eigenvalue weighted by Gasteiger charge is 2.61. The lowest BCUT2D eigenvalue weighted by Crippen LogP contribution is -2.60. The Balaban J connectivity index is 1.54. The van der Waals surface area contributed by atoms with Crippen molar-refractivity contribution in [1.29, 1.82) is 0 Å². The number of piperidine rings is 1. The maximum atomic E-state index is 14.2. The first-order valence-electron chi connectivity index (χ1n) is 16.4. The summed E-state index contributed by atoms with van der Waals surface area (Å²) in [5, 5.41) is 18.1. The van der Waals surface area contributed by atoms with Gasteiger partial charge in [0.15, 0.2) is 0 Å². The molecule has 6 atom stereocenters. The van der Waals surface area contributed by atoms with Crippen LogP contribution in [0.4, 0.5) is 4.79 Å². The smallest absolute Gasteiger partial charge is 0.410 e. The lowest BCUT2D eigenvalue weighted by molar-refractivity contribution is -0.146. The fourth-order valence-corrected chi connectivity index (χ4v) is 7.01. The van der Waals surface area contributed by atoms with Gasteiger partial charge in [-0.3, -0.25) is 19.2 Å². The minimum Gasteiger partial charge on any atom is -0.479 e. The zero-order chi connectivity index (χ0) is 32.9. The third-order valence-corrected chi connectivity index (χ3v) is 9.75. The van der Waals surface area contributed by atoms with Crippen LogP contribution in [0.25, 0.3) is 0 Å². The standard InChI is InChI=1S/C32H49N5O8/c1-5-22-17-32(22,30(42)43)35-27(39)24-16-23(45-31(44)36-14-10-7-11-15-36)18-37(24)29(41)25(19(2)3)34-28(40)26(33-20(4)38)21-12-8-6-9-13-21/h5,19,21-26H,1,6-18H2,2-4H3,(H,33,38)(H,34,40)(H,35,39)(H,42,43)/t22-,23-,24+,25+,26+,32-/m1/s1. The Hall–Kier alpha value is -3.64. The second-order valence-electron chi connectivity index (χ2n) is 13.4. The molecule has 0 spiro atoms. The molecule has 13 nitrogen and oxygen atoms in total. The number of hydrogen-bond donors (Lipinski definition) is 4. The first kappa shape index (κ1) is 34.2. The summed E-state index contributed by atoms with van der Waals surface area (Å²) in [6.07, 6.45) is 7.65. The van der Waals surface area contributed by atoms with Crippen LogP contribution in [0, 0.1) is 17.8 Å². The number of hydrogen-bond acceptors (Lipinski definition) is 7. The van der Waals surface area contributed by atoms with Gasteiger partial charge in [0, 0.05) is 32.4 Å². The zero-order valence-electron chi connectivity index (χ0n) is 26.7. The lowest BCUT2D eigenvalue weighted by Gasteiger charge is -2.34. The number of carbonyl (C=O) groups is 6. The van der Waals surface area contributed by atoms with Crippen molar-refractivity contribution in [3.8, 4) is 0 Å². The fourth-order valence-electron chi connectivity index (χ4n) is 7.01. The number of rotatable bonds is 11. The van der Waals surface area contributed by atoms with Crippen molar-refractivity contribution in [1.82, 2.24) is 25.8 Å². The maximum absolute atomic E-state index is 14.2. The van der Waals surface area contributed by atoms with Crippen molar-refractivity contribution in [2.24, 2.45) is 17.8 Å². The number of nitrogens with one attached hydrogen (secondary N) is 3. The highest BCUT2D eigenvalue weighted by Crippen LogP contribution is 2.45. The molecular weight excluding hydrogens is 582 g/mol.